The number of aromatic hydroxyl groups is 1. The highest BCUT2D eigenvalue weighted by Crippen LogP contribution is 2.41. The summed E-state index contributed by atoms with van der Waals surface area (Å²) in [6.45, 7) is 0. The van der Waals surface area contributed by atoms with Crippen LogP contribution >= 0.6 is 15.9 Å². The maximum absolute atomic E-state index is 12.7. The van der Waals surface area contributed by atoms with Gasteiger partial charge in [-0.2, -0.15) is 0 Å². The van der Waals surface area contributed by atoms with E-state index < -0.39 is 0 Å². The summed E-state index contributed by atoms with van der Waals surface area (Å²) in [4.78, 5) is 12.7. The molecule has 3 aromatic rings. The van der Waals surface area contributed by atoms with Crippen molar-refractivity contribution in [3.8, 4) is 5.75 Å². The van der Waals surface area contributed by atoms with Gasteiger partial charge < -0.3 is 9.52 Å². The maximum Gasteiger partial charge on any atom is 0.204 e. The zero-order valence-corrected chi connectivity index (χ0v) is 12.9. The van der Waals surface area contributed by atoms with E-state index in [9.17, 15) is 9.90 Å². The predicted molar refractivity (Wildman–Crippen MR) is 86.0 cm³/mol. The lowest BCUT2D eigenvalue weighted by Gasteiger charge is -2.20. The van der Waals surface area contributed by atoms with Crippen LogP contribution in [0.4, 0.5) is 0 Å². The molecule has 3 nitrogen and oxygen atoms in total. The smallest absolute Gasteiger partial charge is 0.204 e. The van der Waals surface area contributed by atoms with Crippen molar-refractivity contribution in [2.45, 2.75) is 25.7 Å². The van der Waals surface area contributed by atoms with Gasteiger partial charge in [0.2, 0.25) is 5.43 Å². The Kier molecular flexibility index (Phi) is 2.82. The molecule has 2 aromatic carbocycles. The Balaban J connectivity index is 2.27. The summed E-state index contributed by atoms with van der Waals surface area (Å²) in [5.41, 5.74) is 2.80. The fourth-order valence-electron chi connectivity index (χ4n) is 3.21. The lowest BCUT2D eigenvalue weighted by atomic mass is 9.89. The van der Waals surface area contributed by atoms with Crippen molar-refractivity contribution in [1.29, 1.82) is 0 Å². The van der Waals surface area contributed by atoms with Gasteiger partial charge in [-0.1, -0.05) is 12.1 Å². The second-order valence-electron chi connectivity index (χ2n) is 5.46. The highest BCUT2D eigenvalue weighted by molar-refractivity contribution is 9.10. The molecule has 0 spiro atoms. The molecule has 0 amide bonds. The van der Waals surface area contributed by atoms with E-state index in [0.29, 0.717) is 21.9 Å². The molecule has 4 heteroatoms. The first-order valence-corrected chi connectivity index (χ1v) is 7.85. The lowest BCUT2D eigenvalue weighted by molar-refractivity contribution is 0.466. The molecule has 1 aliphatic carbocycles. The number of hydrogen-bond acceptors (Lipinski definition) is 3. The van der Waals surface area contributed by atoms with E-state index in [1.54, 1.807) is 18.2 Å². The summed E-state index contributed by atoms with van der Waals surface area (Å²) in [6, 6.07) is 7.14. The number of fused-ring (bicyclic) bond motifs is 3. The van der Waals surface area contributed by atoms with Crippen molar-refractivity contribution < 1.29 is 9.52 Å². The molecule has 0 radical (unpaired) electrons. The summed E-state index contributed by atoms with van der Waals surface area (Å²) in [7, 11) is 0. The van der Waals surface area contributed by atoms with Gasteiger partial charge in [0, 0.05) is 0 Å². The summed E-state index contributed by atoms with van der Waals surface area (Å²) in [5, 5.41) is 11.4. The van der Waals surface area contributed by atoms with Crippen LogP contribution in [0.25, 0.3) is 21.9 Å². The minimum atomic E-state index is -0.168. The van der Waals surface area contributed by atoms with Crippen LogP contribution in [-0.4, -0.2) is 5.11 Å². The lowest BCUT2D eigenvalue weighted by Crippen LogP contribution is -2.09. The molecule has 1 aromatic heterocycles. The SMILES string of the molecule is O=c1c2ccccc2oc2c(Br)c3c(c(O)c12)CCCC3. The largest absolute Gasteiger partial charge is 0.507 e. The van der Waals surface area contributed by atoms with Crippen molar-refractivity contribution in [2.24, 2.45) is 0 Å². The van der Waals surface area contributed by atoms with Gasteiger partial charge >= 0.3 is 0 Å². The minimum Gasteiger partial charge on any atom is -0.507 e. The number of para-hydroxylation sites is 1. The van der Waals surface area contributed by atoms with Gasteiger partial charge in [-0.05, 0) is 64.9 Å². The molecule has 0 saturated heterocycles. The summed E-state index contributed by atoms with van der Waals surface area (Å²) < 4.78 is 6.71. The third-order valence-corrected chi connectivity index (χ3v) is 5.09. The summed E-state index contributed by atoms with van der Waals surface area (Å²) in [5.74, 6) is 0.0994. The first kappa shape index (κ1) is 12.9. The molecule has 21 heavy (non-hydrogen) atoms. The van der Waals surface area contributed by atoms with Crippen molar-refractivity contribution in [3.63, 3.8) is 0 Å². The molecule has 0 saturated carbocycles. The number of hydrogen-bond donors (Lipinski definition) is 1. The Morgan fingerprint density at radius 1 is 1.10 bits per heavy atom. The predicted octanol–water partition coefficient (Wildman–Crippen LogP) is 4.29. The number of phenolic OH excluding ortho intramolecular Hbond substituents is 1. The Morgan fingerprint density at radius 2 is 1.81 bits per heavy atom. The average molecular weight is 345 g/mol. The molecule has 4 rings (SSSR count). The highest BCUT2D eigenvalue weighted by Gasteiger charge is 2.24. The van der Waals surface area contributed by atoms with E-state index >= 15 is 0 Å². The van der Waals surface area contributed by atoms with Crippen molar-refractivity contribution in [2.75, 3.05) is 0 Å². The molecule has 0 unspecified atom stereocenters. The number of rotatable bonds is 0. The fourth-order valence-corrected chi connectivity index (χ4v) is 3.93. The zero-order chi connectivity index (χ0) is 14.6. The van der Waals surface area contributed by atoms with E-state index in [1.807, 2.05) is 6.07 Å². The maximum atomic E-state index is 12.7. The molecule has 0 fully saturated rings. The van der Waals surface area contributed by atoms with Crippen molar-refractivity contribution in [1.82, 2.24) is 0 Å². The molecule has 0 aliphatic heterocycles. The second kappa shape index (κ2) is 4.60. The van der Waals surface area contributed by atoms with Crippen LogP contribution in [0.15, 0.2) is 37.9 Å². The van der Waals surface area contributed by atoms with Crippen molar-refractivity contribution >= 4 is 37.9 Å². The topological polar surface area (TPSA) is 50.4 Å². The van der Waals surface area contributed by atoms with Crippen molar-refractivity contribution in [3.05, 3.63) is 50.1 Å². The average Bonchev–Trinajstić information content (AvgIpc) is 2.52. The molecule has 0 bridgehead atoms. The monoisotopic (exact) mass is 344 g/mol. The van der Waals surface area contributed by atoms with E-state index in [2.05, 4.69) is 15.9 Å². The standard InChI is InChI=1S/C17H13BrO3/c18-14-9-5-1-2-6-10(9)15(19)13-16(20)11-7-3-4-8-12(11)21-17(13)14/h3-4,7-8,19H,1-2,5-6H2. The molecular formula is C17H13BrO3. The van der Waals surface area contributed by atoms with Gasteiger partial charge in [-0.25, -0.2) is 0 Å². The van der Waals surface area contributed by atoms with E-state index in [1.165, 1.54) is 0 Å². The Morgan fingerprint density at radius 3 is 2.62 bits per heavy atom. The molecule has 1 N–H and O–H groups in total. The van der Waals surface area contributed by atoms with E-state index in [0.717, 1.165) is 41.3 Å². The third-order valence-electron chi connectivity index (χ3n) is 4.25. The van der Waals surface area contributed by atoms with E-state index in [-0.39, 0.29) is 11.2 Å². The first-order valence-electron chi connectivity index (χ1n) is 7.06. The number of benzene rings is 2. The van der Waals surface area contributed by atoms with Gasteiger partial charge in [-0.15, -0.1) is 0 Å². The third kappa shape index (κ3) is 1.75. The molecular weight excluding hydrogens is 332 g/mol. The summed E-state index contributed by atoms with van der Waals surface area (Å²) in [6.07, 6.45) is 3.84. The summed E-state index contributed by atoms with van der Waals surface area (Å²) >= 11 is 3.58. The number of phenols is 1. The van der Waals surface area contributed by atoms with Crippen LogP contribution in [0, 0.1) is 0 Å². The normalized spacial score (nSPS) is 14.5. The Hall–Kier alpha value is -1.81. The van der Waals surface area contributed by atoms with Gasteiger partial charge in [0.25, 0.3) is 0 Å². The highest BCUT2D eigenvalue weighted by atomic mass is 79.9. The van der Waals surface area contributed by atoms with Crippen LogP contribution in [0.2, 0.25) is 0 Å². The molecule has 0 atom stereocenters. The molecule has 106 valence electrons. The van der Waals surface area contributed by atoms with Crippen LogP contribution in [0.5, 0.6) is 5.75 Å². The van der Waals surface area contributed by atoms with Crippen LogP contribution in [0.3, 0.4) is 0 Å². The Labute approximate surface area is 129 Å². The molecule has 1 aliphatic rings. The van der Waals surface area contributed by atoms with Crippen LogP contribution < -0.4 is 5.43 Å². The Bertz CT molecular complexity index is 940. The van der Waals surface area contributed by atoms with Crippen LogP contribution in [0.1, 0.15) is 24.0 Å². The van der Waals surface area contributed by atoms with Gasteiger partial charge in [-0.3, -0.25) is 4.79 Å². The number of halogens is 1. The van der Waals surface area contributed by atoms with Gasteiger partial charge in [0.05, 0.1) is 9.86 Å². The minimum absolute atomic E-state index is 0.0994. The first-order chi connectivity index (χ1) is 10.2. The van der Waals surface area contributed by atoms with E-state index in [4.69, 9.17) is 4.42 Å². The quantitative estimate of drug-likeness (QED) is 0.618. The van der Waals surface area contributed by atoms with Gasteiger partial charge in [0.1, 0.15) is 16.7 Å². The molecule has 1 heterocycles. The zero-order valence-electron chi connectivity index (χ0n) is 11.3. The second-order valence-corrected chi connectivity index (χ2v) is 6.25. The van der Waals surface area contributed by atoms with Crippen LogP contribution in [-0.2, 0) is 12.8 Å². The van der Waals surface area contributed by atoms with Gasteiger partial charge in [0.15, 0.2) is 5.58 Å². The fraction of sp³-hybridized carbons (Fsp3) is 0.235.